The monoisotopic (exact) mass is 308 g/mol. The lowest BCUT2D eigenvalue weighted by molar-refractivity contribution is -0.121. The molecule has 2 N–H and O–H groups in total. The Kier molecular flexibility index (Phi) is 4.05. The standard InChI is InChI=1S/C17H16N4O2/c1-12-19-15-4-2-3-5-16(15)21(12)11-17(23)20-18-10-13-6-8-14(22)9-7-13/h2-10,22H,11H2,1H3,(H,20,23)/b18-10+. The van der Waals surface area contributed by atoms with Crippen LogP contribution in [0.1, 0.15) is 11.4 Å². The molecule has 0 fully saturated rings. The lowest BCUT2D eigenvalue weighted by Gasteiger charge is -2.05. The number of phenolic OH excluding ortho intramolecular Hbond substituents is 1. The van der Waals surface area contributed by atoms with Gasteiger partial charge in [-0.1, -0.05) is 12.1 Å². The van der Waals surface area contributed by atoms with E-state index in [1.807, 2.05) is 35.8 Å². The minimum atomic E-state index is -0.230. The molecule has 0 radical (unpaired) electrons. The number of nitrogens with one attached hydrogen (secondary N) is 1. The van der Waals surface area contributed by atoms with E-state index in [1.54, 1.807) is 24.3 Å². The summed E-state index contributed by atoms with van der Waals surface area (Å²) in [7, 11) is 0. The van der Waals surface area contributed by atoms with Crippen molar-refractivity contribution in [2.24, 2.45) is 5.10 Å². The van der Waals surface area contributed by atoms with Crippen LogP contribution in [0.3, 0.4) is 0 Å². The number of amides is 1. The molecule has 0 saturated heterocycles. The fourth-order valence-corrected chi connectivity index (χ4v) is 2.31. The molecule has 6 heteroatoms. The SMILES string of the molecule is Cc1nc2ccccc2n1CC(=O)N/N=C/c1ccc(O)cc1. The number of nitrogens with zero attached hydrogens (tertiary/aromatic N) is 3. The maximum atomic E-state index is 12.0. The van der Waals surface area contributed by atoms with Crippen LogP contribution in [0.2, 0.25) is 0 Å². The summed E-state index contributed by atoms with van der Waals surface area (Å²) in [5.41, 5.74) is 5.07. The number of hydrogen-bond acceptors (Lipinski definition) is 4. The van der Waals surface area contributed by atoms with Gasteiger partial charge in [0.15, 0.2) is 0 Å². The van der Waals surface area contributed by atoms with Crippen molar-refractivity contribution in [3.63, 3.8) is 0 Å². The van der Waals surface area contributed by atoms with Crippen LogP contribution in [0.4, 0.5) is 0 Å². The third-order valence-electron chi connectivity index (χ3n) is 3.44. The van der Waals surface area contributed by atoms with E-state index in [-0.39, 0.29) is 18.2 Å². The molecule has 6 nitrogen and oxygen atoms in total. The topological polar surface area (TPSA) is 79.5 Å². The van der Waals surface area contributed by atoms with Gasteiger partial charge in [0.05, 0.1) is 17.2 Å². The molecule has 2 aromatic carbocycles. The Bertz CT molecular complexity index is 866. The average Bonchev–Trinajstić information content (AvgIpc) is 2.85. The van der Waals surface area contributed by atoms with Crippen LogP contribution in [0.25, 0.3) is 11.0 Å². The molecule has 3 aromatic rings. The van der Waals surface area contributed by atoms with Gasteiger partial charge in [0.2, 0.25) is 0 Å². The number of aromatic nitrogens is 2. The van der Waals surface area contributed by atoms with E-state index in [9.17, 15) is 9.90 Å². The quantitative estimate of drug-likeness (QED) is 0.573. The fourth-order valence-electron chi connectivity index (χ4n) is 2.31. The number of fused-ring (bicyclic) bond motifs is 1. The van der Waals surface area contributed by atoms with Gasteiger partial charge in [0.1, 0.15) is 18.1 Å². The Labute approximate surface area is 133 Å². The lowest BCUT2D eigenvalue weighted by Crippen LogP contribution is -2.23. The molecule has 1 aromatic heterocycles. The zero-order valence-corrected chi connectivity index (χ0v) is 12.6. The Balaban J connectivity index is 1.67. The van der Waals surface area contributed by atoms with Gasteiger partial charge in [0.25, 0.3) is 5.91 Å². The van der Waals surface area contributed by atoms with E-state index in [0.717, 1.165) is 22.4 Å². The summed E-state index contributed by atoms with van der Waals surface area (Å²) in [5, 5.41) is 13.1. The van der Waals surface area contributed by atoms with Crippen molar-refractivity contribution < 1.29 is 9.90 Å². The van der Waals surface area contributed by atoms with Crippen molar-refractivity contribution in [3.8, 4) is 5.75 Å². The molecule has 0 unspecified atom stereocenters. The van der Waals surface area contributed by atoms with Gasteiger partial charge in [0, 0.05) is 0 Å². The van der Waals surface area contributed by atoms with Crippen LogP contribution in [0, 0.1) is 6.92 Å². The number of carbonyl (C=O) groups is 1. The third kappa shape index (κ3) is 3.37. The largest absolute Gasteiger partial charge is 0.508 e. The fraction of sp³-hybridized carbons (Fsp3) is 0.118. The highest BCUT2D eigenvalue weighted by Gasteiger charge is 2.09. The number of carbonyl (C=O) groups excluding carboxylic acids is 1. The number of rotatable bonds is 4. The molecule has 116 valence electrons. The summed E-state index contributed by atoms with van der Waals surface area (Å²) in [6, 6.07) is 14.2. The van der Waals surface area contributed by atoms with E-state index in [2.05, 4.69) is 15.5 Å². The second-order valence-electron chi connectivity index (χ2n) is 5.12. The highest BCUT2D eigenvalue weighted by atomic mass is 16.3. The summed E-state index contributed by atoms with van der Waals surface area (Å²) < 4.78 is 1.85. The Morgan fingerprint density at radius 3 is 2.78 bits per heavy atom. The summed E-state index contributed by atoms with van der Waals surface area (Å²) in [6.45, 7) is 2.02. The van der Waals surface area contributed by atoms with E-state index in [1.165, 1.54) is 6.21 Å². The van der Waals surface area contributed by atoms with Gasteiger partial charge in [-0.2, -0.15) is 5.10 Å². The van der Waals surface area contributed by atoms with E-state index in [4.69, 9.17) is 0 Å². The Hall–Kier alpha value is -3.15. The summed E-state index contributed by atoms with van der Waals surface area (Å²) in [5.74, 6) is 0.740. The first kappa shape index (κ1) is 14.8. The van der Waals surface area contributed by atoms with Gasteiger partial charge < -0.3 is 9.67 Å². The van der Waals surface area contributed by atoms with Crippen LogP contribution in [-0.4, -0.2) is 26.8 Å². The van der Waals surface area contributed by atoms with Gasteiger partial charge in [-0.25, -0.2) is 10.4 Å². The number of phenols is 1. The van der Waals surface area contributed by atoms with Crippen molar-refractivity contribution in [2.45, 2.75) is 13.5 Å². The predicted molar refractivity (Wildman–Crippen MR) is 88.3 cm³/mol. The maximum Gasteiger partial charge on any atom is 0.260 e. The molecule has 0 aliphatic heterocycles. The summed E-state index contributed by atoms with van der Waals surface area (Å²) in [4.78, 5) is 16.5. The molecule has 23 heavy (non-hydrogen) atoms. The average molecular weight is 308 g/mol. The number of benzene rings is 2. The second-order valence-corrected chi connectivity index (χ2v) is 5.12. The van der Waals surface area contributed by atoms with Crippen LogP contribution in [0.5, 0.6) is 5.75 Å². The highest BCUT2D eigenvalue weighted by molar-refractivity contribution is 5.83. The van der Waals surface area contributed by atoms with Gasteiger partial charge in [-0.15, -0.1) is 0 Å². The summed E-state index contributed by atoms with van der Waals surface area (Å²) >= 11 is 0. The minimum Gasteiger partial charge on any atom is -0.508 e. The van der Waals surface area contributed by atoms with E-state index in [0.29, 0.717) is 0 Å². The smallest absolute Gasteiger partial charge is 0.260 e. The van der Waals surface area contributed by atoms with Crippen molar-refractivity contribution >= 4 is 23.2 Å². The highest BCUT2D eigenvalue weighted by Crippen LogP contribution is 2.15. The zero-order valence-electron chi connectivity index (χ0n) is 12.6. The first-order valence-corrected chi connectivity index (χ1v) is 7.16. The van der Waals surface area contributed by atoms with Crippen molar-refractivity contribution in [1.82, 2.24) is 15.0 Å². The predicted octanol–water partition coefficient (Wildman–Crippen LogP) is 2.20. The number of aryl methyl sites for hydroxylation is 1. The van der Waals surface area contributed by atoms with Crippen molar-refractivity contribution in [3.05, 3.63) is 59.9 Å². The Morgan fingerprint density at radius 1 is 1.26 bits per heavy atom. The maximum absolute atomic E-state index is 12.0. The number of imidazole rings is 1. The van der Waals surface area contributed by atoms with Crippen LogP contribution >= 0.6 is 0 Å². The summed E-state index contributed by atoms with van der Waals surface area (Å²) in [6.07, 6.45) is 1.52. The van der Waals surface area contributed by atoms with Gasteiger partial charge >= 0.3 is 0 Å². The molecular formula is C17H16N4O2. The molecule has 1 heterocycles. The molecule has 0 aliphatic rings. The van der Waals surface area contributed by atoms with Crippen LogP contribution in [0.15, 0.2) is 53.6 Å². The van der Waals surface area contributed by atoms with Crippen LogP contribution < -0.4 is 5.43 Å². The molecule has 0 aliphatic carbocycles. The van der Waals surface area contributed by atoms with E-state index < -0.39 is 0 Å². The molecule has 0 bridgehead atoms. The normalized spacial score (nSPS) is 11.2. The first-order valence-electron chi connectivity index (χ1n) is 7.16. The second kappa shape index (κ2) is 6.31. The van der Waals surface area contributed by atoms with Gasteiger partial charge in [-0.05, 0) is 48.9 Å². The van der Waals surface area contributed by atoms with E-state index >= 15 is 0 Å². The minimum absolute atomic E-state index is 0.152. The molecular weight excluding hydrogens is 292 g/mol. The van der Waals surface area contributed by atoms with Crippen molar-refractivity contribution in [2.75, 3.05) is 0 Å². The molecule has 0 spiro atoms. The number of hydrazone groups is 1. The van der Waals surface area contributed by atoms with Crippen LogP contribution in [-0.2, 0) is 11.3 Å². The van der Waals surface area contributed by atoms with Crippen molar-refractivity contribution in [1.29, 1.82) is 0 Å². The lowest BCUT2D eigenvalue weighted by atomic mass is 10.2. The molecule has 1 amide bonds. The third-order valence-corrected chi connectivity index (χ3v) is 3.44. The van der Waals surface area contributed by atoms with Gasteiger partial charge in [-0.3, -0.25) is 4.79 Å². The number of hydrogen-bond donors (Lipinski definition) is 2. The number of para-hydroxylation sites is 2. The number of aromatic hydroxyl groups is 1. The first-order chi connectivity index (χ1) is 11.1. The molecule has 0 atom stereocenters. The molecule has 3 rings (SSSR count). The zero-order chi connectivity index (χ0) is 16.2. The Morgan fingerprint density at radius 2 is 2.00 bits per heavy atom. The molecule has 0 saturated carbocycles.